The summed E-state index contributed by atoms with van der Waals surface area (Å²) in [5.74, 6) is -3.60. The molecule has 0 aromatic carbocycles. The largest absolute Gasteiger partial charge is 0.480 e. The monoisotopic (exact) mass is 359 g/mol. The smallest absolute Gasteiger partial charge is 0.326 e. The fraction of sp³-hybridized carbons (Fsp3) is 0.750. The Morgan fingerprint density at radius 1 is 0.920 bits per heavy atom. The Balaban J connectivity index is 5.23. The fourth-order valence-electron chi connectivity index (χ4n) is 2.15. The number of amides is 3. The van der Waals surface area contributed by atoms with Gasteiger partial charge in [0.05, 0.1) is 6.61 Å². The van der Waals surface area contributed by atoms with Gasteiger partial charge in [-0.2, -0.15) is 0 Å². The van der Waals surface area contributed by atoms with Crippen molar-refractivity contribution < 1.29 is 29.4 Å². The first-order chi connectivity index (χ1) is 11.5. The first kappa shape index (κ1) is 22.8. The quantitative estimate of drug-likeness (QED) is 0.347. The van der Waals surface area contributed by atoms with Crippen molar-refractivity contribution in [2.75, 3.05) is 6.61 Å². The molecule has 0 heterocycles. The molecule has 0 aliphatic rings. The molecular formula is C16H29N3O6. The second-order valence-corrected chi connectivity index (χ2v) is 6.38. The highest BCUT2D eigenvalue weighted by atomic mass is 16.4. The van der Waals surface area contributed by atoms with Crippen LogP contribution in [-0.2, 0) is 19.2 Å². The Bertz CT molecular complexity index is 494. The summed E-state index contributed by atoms with van der Waals surface area (Å²) in [7, 11) is 0. The van der Waals surface area contributed by atoms with E-state index in [1.165, 1.54) is 6.92 Å². The van der Waals surface area contributed by atoms with Crippen LogP contribution in [0.3, 0.4) is 0 Å². The van der Waals surface area contributed by atoms with Crippen LogP contribution in [0, 0.1) is 11.8 Å². The van der Waals surface area contributed by atoms with Crippen molar-refractivity contribution in [2.24, 2.45) is 11.8 Å². The third-order valence-electron chi connectivity index (χ3n) is 3.90. The molecule has 0 aliphatic heterocycles. The predicted molar refractivity (Wildman–Crippen MR) is 90.5 cm³/mol. The van der Waals surface area contributed by atoms with Crippen molar-refractivity contribution >= 4 is 23.7 Å². The highest BCUT2D eigenvalue weighted by Crippen LogP contribution is 2.10. The zero-order chi connectivity index (χ0) is 19.7. The molecule has 3 amide bonds. The molecule has 0 saturated carbocycles. The fourth-order valence-corrected chi connectivity index (χ4v) is 2.15. The average Bonchev–Trinajstić information content (AvgIpc) is 2.53. The van der Waals surface area contributed by atoms with Crippen molar-refractivity contribution in [1.82, 2.24) is 16.0 Å². The second-order valence-electron chi connectivity index (χ2n) is 6.38. The molecule has 0 bridgehead atoms. The molecule has 0 fully saturated rings. The van der Waals surface area contributed by atoms with E-state index in [9.17, 15) is 29.4 Å². The zero-order valence-electron chi connectivity index (χ0n) is 15.3. The Kier molecular flexibility index (Phi) is 9.73. The molecule has 9 nitrogen and oxygen atoms in total. The van der Waals surface area contributed by atoms with Gasteiger partial charge in [-0.3, -0.25) is 14.4 Å². The van der Waals surface area contributed by atoms with Gasteiger partial charge in [0.15, 0.2) is 0 Å². The molecule has 144 valence electrons. The first-order valence-electron chi connectivity index (χ1n) is 8.26. The maximum atomic E-state index is 12.5. The molecule has 4 atom stereocenters. The van der Waals surface area contributed by atoms with Gasteiger partial charge in [-0.05, 0) is 11.8 Å². The van der Waals surface area contributed by atoms with Crippen LogP contribution in [0.25, 0.3) is 0 Å². The number of carbonyl (C=O) groups is 4. The van der Waals surface area contributed by atoms with Gasteiger partial charge in [0, 0.05) is 6.92 Å². The van der Waals surface area contributed by atoms with E-state index in [4.69, 9.17) is 0 Å². The average molecular weight is 359 g/mol. The van der Waals surface area contributed by atoms with E-state index >= 15 is 0 Å². The van der Waals surface area contributed by atoms with E-state index in [1.807, 2.05) is 6.92 Å². The minimum Gasteiger partial charge on any atom is -0.480 e. The summed E-state index contributed by atoms with van der Waals surface area (Å²) in [6.45, 7) is 7.47. The first-order valence-corrected chi connectivity index (χ1v) is 8.26. The summed E-state index contributed by atoms with van der Waals surface area (Å²) in [6.07, 6.45) is 0.557. The van der Waals surface area contributed by atoms with Crippen LogP contribution >= 0.6 is 0 Å². The minimum absolute atomic E-state index is 0.276. The summed E-state index contributed by atoms with van der Waals surface area (Å²) in [6, 6.07) is -3.25. The topological polar surface area (TPSA) is 145 Å². The number of nitrogens with one attached hydrogen (secondary N) is 3. The number of carbonyl (C=O) groups excluding carboxylic acids is 3. The van der Waals surface area contributed by atoms with E-state index in [0.29, 0.717) is 6.42 Å². The van der Waals surface area contributed by atoms with Crippen LogP contribution in [0.5, 0.6) is 0 Å². The number of aliphatic hydroxyl groups is 1. The lowest BCUT2D eigenvalue weighted by Gasteiger charge is -2.28. The molecule has 9 heteroatoms. The van der Waals surface area contributed by atoms with Gasteiger partial charge < -0.3 is 26.2 Å². The van der Waals surface area contributed by atoms with Gasteiger partial charge in [-0.15, -0.1) is 0 Å². The highest BCUT2D eigenvalue weighted by molar-refractivity contribution is 5.93. The molecule has 0 unspecified atom stereocenters. The summed E-state index contributed by atoms with van der Waals surface area (Å²) in [4.78, 5) is 47.0. The second kappa shape index (κ2) is 10.7. The number of aliphatic hydroxyl groups excluding tert-OH is 1. The molecule has 0 radical (unpaired) electrons. The maximum Gasteiger partial charge on any atom is 0.326 e. The third kappa shape index (κ3) is 7.51. The van der Waals surface area contributed by atoms with Crippen molar-refractivity contribution in [2.45, 2.75) is 59.2 Å². The van der Waals surface area contributed by atoms with Crippen LogP contribution in [-0.4, -0.2) is 58.6 Å². The lowest BCUT2D eigenvalue weighted by molar-refractivity contribution is -0.144. The zero-order valence-corrected chi connectivity index (χ0v) is 15.3. The number of hydrogen-bond donors (Lipinski definition) is 5. The van der Waals surface area contributed by atoms with E-state index in [-0.39, 0.29) is 11.8 Å². The van der Waals surface area contributed by atoms with Gasteiger partial charge >= 0.3 is 5.97 Å². The van der Waals surface area contributed by atoms with E-state index in [2.05, 4.69) is 16.0 Å². The van der Waals surface area contributed by atoms with E-state index < -0.39 is 48.4 Å². The summed E-state index contributed by atoms with van der Waals surface area (Å²) in [5, 5.41) is 25.6. The Morgan fingerprint density at radius 2 is 1.44 bits per heavy atom. The number of aliphatic carboxylic acids is 1. The third-order valence-corrected chi connectivity index (χ3v) is 3.90. The SMILES string of the molecule is CC[C@H](C)[C@H](NC(=O)[C@H](CO)NC(C)=O)C(=O)N[C@H](C(=O)O)C(C)C. The number of rotatable bonds is 10. The maximum absolute atomic E-state index is 12.5. The molecule has 0 spiro atoms. The van der Waals surface area contributed by atoms with Gasteiger partial charge in [0.1, 0.15) is 18.1 Å². The molecular weight excluding hydrogens is 330 g/mol. The van der Waals surface area contributed by atoms with Crippen molar-refractivity contribution in [3.8, 4) is 0 Å². The minimum atomic E-state index is -1.18. The lowest BCUT2D eigenvalue weighted by Crippen LogP contribution is -2.58. The van der Waals surface area contributed by atoms with Gasteiger partial charge in [-0.25, -0.2) is 4.79 Å². The van der Waals surface area contributed by atoms with Crippen molar-refractivity contribution in [1.29, 1.82) is 0 Å². The number of carboxylic acid groups (broad SMARTS) is 1. The number of hydrogen-bond acceptors (Lipinski definition) is 5. The van der Waals surface area contributed by atoms with Crippen LogP contribution in [0.2, 0.25) is 0 Å². The van der Waals surface area contributed by atoms with Gasteiger partial charge in [0.25, 0.3) is 0 Å². The van der Waals surface area contributed by atoms with Crippen molar-refractivity contribution in [3.63, 3.8) is 0 Å². The van der Waals surface area contributed by atoms with Crippen LogP contribution < -0.4 is 16.0 Å². The van der Waals surface area contributed by atoms with E-state index in [0.717, 1.165) is 0 Å². The molecule has 5 N–H and O–H groups in total. The van der Waals surface area contributed by atoms with Crippen molar-refractivity contribution in [3.05, 3.63) is 0 Å². The van der Waals surface area contributed by atoms with Crippen LogP contribution in [0.15, 0.2) is 0 Å². The summed E-state index contributed by atoms with van der Waals surface area (Å²) >= 11 is 0. The van der Waals surface area contributed by atoms with Crippen LogP contribution in [0.1, 0.15) is 41.0 Å². The molecule has 0 saturated heterocycles. The lowest BCUT2D eigenvalue weighted by atomic mass is 9.96. The van der Waals surface area contributed by atoms with Crippen LogP contribution in [0.4, 0.5) is 0 Å². The Labute approximate surface area is 147 Å². The summed E-state index contributed by atoms with van der Waals surface area (Å²) < 4.78 is 0. The molecule has 0 rings (SSSR count). The number of carboxylic acids is 1. The predicted octanol–water partition coefficient (Wildman–Crippen LogP) is -0.760. The standard InChI is InChI=1S/C16H29N3O6/c1-6-9(4)13(15(23)18-12(8(2)3)16(24)25)19-14(22)11(7-20)17-10(5)21/h8-9,11-13,20H,6-7H2,1-5H3,(H,17,21)(H,18,23)(H,19,22)(H,24,25)/t9-,11-,12-,13-/m0/s1. The molecule has 0 aromatic rings. The van der Waals surface area contributed by atoms with E-state index in [1.54, 1.807) is 20.8 Å². The summed E-state index contributed by atoms with van der Waals surface area (Å²) in [5.41, 5.74) is 0. The molecule has 25 heavy (non-hydrogen) atoms. The Morgan fingerprint density at radius 3 is 1.80 bits per heavy atom. The highest BCUT2D eigenvalue weighted by Gasteiger charge is 2.32. The van der Waals surface area contributed by atoms with Gasteiger partial charge in [-0.1, -0.05) is 34.1 Å². The Hall–Kier alpha value is -2.16. The van der Waals surface area contributed by atoms with Gasteiger partial charge in [0.2, 0.25) is 17.7 Å². The normalized spacial score (nSPS) is 15.6. The molecule has 0 aliphatic carbocycles. The molecule has 0 aromatic heterocycles.